The standard InChI is InChI=1S/C22H20N2O3S/c1-13-7-9-16(10-8-13)28(26,27)24-18-6-4-5-17-21(18)23-19-12-14(2)11-15(3)20(19)22(17)25/h4-12,24H,1-3H3,(H,23,25). The molecule has 0 saturated carbocycles. The highest BCUT2D eigenvalue weighted by atomic mass is 32.2. The number of sulfonamides is 1. The van der Waals surface area contributed by atoms with Gasteiger partial charge in [0.15, 0.2) is 5.43 Å². The Hall–Kier alpha value is -3.12. The van der Waals surface area contributed by atoms with Crippen molar-refractivity contribution in [3.63, 3.8) is 0 Å². The number of nitrogens with one attached hydrogen (secondary N) is 2. The third kappa shape index (κ3) is 3.05. The van der Waals surface area contributed by atoms with E-state index in [1.165, 1.54) is 0 Å². The molecule has 142 valence electrons. The summed E-state index contributed by atoms with van der Waals surface area (Å²) in [4.78, 5) is 16.5. The number of pyridine rings is 1. The average molecular weight is 392 g/mol. The van der Waals surface area contributed by atoms with E-state index in [0.717, 1.165) is 16.7 Å². The number of aromatic amines is 1. The molecular formula is C22H20N2O3S. The first kappa shape index (κ1) is 18.3. The van der Waals surface area contributed by atoms with Gasteiger partial charge in [0.1, 0.15) is 0 Å². The Kier molecular flexibility index (Phi) is 4.23. The van der Waals surface area contributed by atoms with E-state index >= 15 is 0 Å². The topological polar surface area (TPSA) is 79.0 Å². The molecule has 0 atom stereocenters. The summed E-state index contributed by atoms with van der Waals surface area (Å²) in [6, 6.07) is 15.5. The van der Waals surface area contributed by atoms with Gasteiger partial charge in [-0.1, -0.05) is 29.8 Å². The summed E-state index contributed by atoms with van der Waals surface area (Å²) in [6.07, 6.45) is 0. The van der Waals surface area contributed by atoms with Gasteiger partial charge < -0.3 is 4.98 Å². The lowest BCUT2D eigenvalue weighted by Crippen LogP contribution is -2.14. The summed E-state index contributed by atoms with van der Waals surface area (Å²) < 4.78 is 28.2. The third-order valence-electron chi connectivity index (χ3n) is 4.85. The Morgan fingerprint density at radius 2 is 1.61 bits per heavy atom. The van der Waals surface area contributed by atoms with Gasteiger partial charge in [0, 0.05) is 10.8 Å². The molecule has 28 heavy (non-hydrogen) atoms. The predicted octanol–water partition coefficient (Wildman–Crippen LogP) is 4.41. The number of hydrogen-bond acceptors (Lipinski definition) is 3. The zero-order chi connectivity index (χ0) is 20.1. The first-order chi connectivity index (χ1) is 13.3. The van der Waals surface area contributed by atoms with Gasteiger partial charge >= 0.3 is 0 Å². The van der Waals surface area contributed by atoms with E-state index in [2.05, 4.69) is 9.71 Å². The van der Waals surface area contributed by atoms with E-state index in [1.807, 2.05) is 32.9 Å². The minimum Gasteiger partial charge on any atom is -0.353 e. The van der Waals surface area contributed by atoms with E-state index in [9.17, 15) is 13.2 Å². The number of H-pyrrole nitrogens is 1. The maximum absolute atomic E-state index is 13.0. The van der Waals surface area contributed by atoms with Crippen LogP contribution >= 0.6 is 0 Å². The average Bonchev–Trinajstić information content (AvgIpc) is 2.62. The lowest BCUT2D eigenvalue weighted by molar-refractivity contribution is 0.601. The summed E-state index contributed by atoms with van der Waals surface area (Å²) in [5.41, 5.74) is 4.29. The van der Waals surface area contributed by atoms with Crippen LogP contribution in [-0.4, -0.2) is 13.4 Å². The molecule has 4 rings (SSSR count). The molecule has 5 nitrogen and oxygen atoms in total. The fourth-order valence-electron chi connectivity index (χ4n) is 3.52. The number of aromatic nitrogens is 1. The molecule has 3 aromatic carbocycles. The first-order valence-electron chi connectivity index (χ1n) is 8.92. The lowest BCUT2D eigenvalue weighted by atomic mass is 10.0. The number of para-hydroxylation sites is 1. The maximum atomic E-state index is 13.0. The van der Waals surface area contributed by atoms with Crippen LogP contribution in [0.25, 0.3) is 21.8 Å². The molecule has 1 aromatic heterocycles. The van der Waals surface area contributed by atoms with Crippen LogP contribution < -0.4 is 10.2 Å². The number of benzene rings is 3. The summed E-state index contributed by atoms with van der Waals surface area (Å²) in [7, 11) is -3.78. The van der Waals surface area contributed by atoms with Crippen molar-refractivity contribution in [2.75, 3.05) is 4.72 Å². The smallest absolute Gasteiger partial charge is 0.261 e. The molecule has 2 N–H and O–H groups in total. The number of fused-ring (bicyclic) bond motifs is 2. The number of rotatable bonds is 3. The molecule has 0 spiro atoms. The molecule has 0 bridgehead atoms. The van der Waals surface area contributed by atoms with Crippen LogP contribution in [0.4, 0.5) is 5.69 Å². The predicted molar refractivity (Wildman–Crippen MR) is 114 cm³/mol. The van der Waals surface area contributed by atoms with Gasteiger partial charge in [0.05, 0.1) is 21.6 Å². The van der Waals surface area contributed by atoms with Crippen molar-refractivity contribution >= 4 is 37.5 Å². The normalized spacial score (nSPS) is 11.8. The van der Waals surface area contributed by atoms with Crippen molar-refractivity contribution in [2.45, 2.75) is 25.7 Å². The van der Waals surface area contributed by atoms with Crippen LogP contribution in [0.5, 0.6) is 0 Å². The lowest BCUT2D eigenvalue weighted by Gasteiger charge is -2.13. The molecule has 1 heterocycles. The van der Waals surface area contributed by atoms with Crippen LogP contribution in [0.1, 0.15) is 16.7 Å². The molecule has 0 saturated heterocycles. The highest BCUT2D eigenvalue weighted by Crippen LogP contribution is 2.26. The molecule has 0 radical (unpaired) electrons. The first-order valence-corrected chi connectivity index (χ1v) is 10.4. The fourth-order valence-corrected chi connectivity index (χ4v) is 4.59. The van der Waals surface area contributed by atoms with Gasteiger partial charge in [-0.25, -0.2) is 8.42 Å². The number of hydrogen-bond donors (Lipinski definition) is 2. The number of aryl methyl sites for hydroxylation is 3. The van der Waals surface area contributed by atoms with Crippen LogP contribution in [-0.2, 0) is 10.0 Å². The van der Waals surface area contributed by atoms with Gasteiger partial charge in [0.2, 0.25) is 0 Å². The molecule has 4 aromatic rings. The molecule has 0 amide bonds. The Balaban J connectivity index is 1.93. The molecule has 0 aliphatic rings. The van der Waals surface area contributed by atoms with E-state index in [-0.39, 0.29) is 10.3 Å². The van der Waals surface area contributed by atoms with Crippen LogP contribution in [0.15, 0.2) is 64.3 Å². The second kappa shape index (κ2) is 6.49. The summed E-state index contributed by atoms with van der Waals surface area (Å²) in [5.74, 6) is 0. The Bertz CT molecular complexity index is 1390. The van der Waals surface area contributed by atoms with Gasteiger partial charge in [-0.3, -0.25) is 9.52 Å². The Labute approximate surface area is 163 Å². The van der Waals surface area contributed by atoms with Crippen molar-refractivity contribution in [1.29, 1.82) is 0 Å². The monoisotopic (exact) mass is 392 g/mol. The van der Waals surface area contributed by atoms with Crippen molar-refractivity contribution in [1.82, 2.24) is 4.98 Å². The third-order valence-corrected chi connectivity index (χ3v) is 6.23. The zero-order valence-electron chi connectivity index (χ0n) is 15.8. The van der Waals surface area contributed by atoms with Crippen molar-refractivity contribution in [2.24, 2.45) is 0 Å². The second-order valence-corrected chi connectivity index (χ2v) is 8.79. The molecule has 0 unspecified atom stereocenters. The summed E-state index contributed by atoms with van der Waals surface area (Å²) in [6.45, 7) is 5.76. The van der Waals surface area contributed by atoms with Gasteiger partial charge in [-0.15, -0.1) is 0 Å². The zero-order valence-corrected chi connectivity index (χ0v) is 16.6. The Morgan fingerprint density at radius 1 is 0.893 bits per heavy atom. The molecule has 6 heteroatoms. The van der Waals surface area contributed by atoms with Crippen molar-refractivity contribution < 1.29 is 8.42 Å². The van der Waals surface area contributed by atoms with Crippen LogP contribution in [0, 0.1) is 20.8 Å². The van der Waals surface area contributed by atoms with E-state index in [1.54, 1.807) is 42.5 Å². The molecule has 0 aliphatic heterocycles. The fraction of sp³-hybridized carbons (Fsp3) is 0.136. The van der Waals surface area contributed by atoms with Crippen molar-refractivity contribution in [3.05, 3.63) is 81.5 Å². The highest BCUT2D eigenvalue weighted by molar-refractivity contribution is 7.92. The minimum absolute atomic E-state index is 0.113. The Morgan fingerprint density at radius 3 is 2.32 bits per heavy atom. The number of anilines is 1. The van der Waals surface area contributed by atoms with E-state index in [4.69, 9.17) is 0 Å². The minimum atomic E-state index is -3.78. The molecular weight excluding hydrogens is 372 g/mol. The van der Waals surface area contributed by atoms with Gasteiger partial charge in [-0.05, 0) is 62.2 Å². The van der Waals surface area contributed by atoms with E-state index < -0.39 is 10.0 Å². The second-order valence-electron chi connectivity index (χ2n) is 7.11. The van der Waals surface area contributed by atoms with Gasteiger partial charge in [0.25, 0.3) is 10.0 Å². The highest BCUT2D eigenvalue weighted by Gasteiger charge is 2.17. The largest absolute Gasteiger partial charge is 0.353 e. The van der Waals surface area contributed by atoms with Crippen LogP contribution in [0.2, 0.25) is 0 Å². The van der Waals surface area contributed by atoms with E-state index in [0.29, 0.717) is 27.5 Å². The van der Waals surface area contributed by atoms with Gasteiger partial charge in [-0.2, -0.15) is 0 Å². The maximum Gasteiger partial charge on any atom is 0.261 e. The quantitative estimate of drug-likeness (QED) is 0.507. The van der Waals surface area contributed by atoms with Crippen molar-refractivity contribution in [3.8, 4) is 0 Å². The summed E-state index contributed by atoms with van der Waals surface area (Å²) >= 11 is 0. The SMILES string of the molecule is Cc1ccc(S(=O)(=O)Nc2cccc3c(=O)c4c(C)cc(C)cc4[nH]c23)cc1. The summed E-state index contributed by atoms with van der Waals surface area (Å²) in [5, 5.41) is 1.07. The molecule has 0 aliphatic carbocycles. The van der Waals surface area contributed by atoms with Crippen LogP contribution in [0.3, 0.4) is 0 Å². The molecule has 0 fully saturated rings.